The quantitative estimate of drug-likeness (QED) is 0.665. The number of carboxylic acid groups (broad SMARTS) is 1. The van der Waals surface area contributed by atoms with Crippen molar-refractivity contribution in [1.82, 2.24) is 0 Å². The van der Waals surface area contributed by atoms with E-state index >= 15 is 0 Å². The first kappa shape index (κ1) is 18.0. The summed E-state index contributed by atoms with van der Waals surface area (Å²) in [7, 11) is 0. The van der Waals surface area contributed by atoms with Gasteiger partial charge in [0.15, 0.2) is 0 Å². The van der Waals surface area contributed by atoms with Crippen LogP contribution in [0, 0.1) is 13.8 Å². The fourth-order valence-electron chi connectivity index (χ4n) is 1.62. The predicted molar refractivity (Wildman–Crippen MR) is 62.7 cm³/mol. The lowest BCUT2D eigenvalue weighted by Gasteiger charge is -2.29. The summed E-state index contributed by atoms with van der Waals surface area (Å²) < 4.78 is 79.6. The van der Waals surface area contributed by atoms with Crippen molar-refractivity contribution in [2.24, 2.45) is 0 Å². The summed E-state index contributed by atoms with van der Waals surface area (Å²) in [5.74, 6) is -24.4. The molecule has 1 aromatic carbocycles. The first-order valence-electron chi connectivity index (χ1n) is 5.75. The van der Waals surface area contributed by atoms with Gasteiger partial charge in [-0.05, 0) is 25.5 Å². The summed E-state index contributed by atoms with van der Waals surface area (Å²) in [6, 6.07) is 3.40. The van der Waals surface area contributed by atoms with Crippen molar-refractivity contribution >= 4 is 11.8 Å². The lowest BCUT2D eigenvalue weighted by molar-refractivity contribution is -0.285. The van der Waals surface area contributed by atoms with Crippen LogP contribution in [0.3, 0.4) is 0 Å². The van der Waals surface area contributed by atoms with Crippen LogP contribution in [0.15, 0.2) is 18.2 Å². The van der Waals surface area contributed by atoms with Crippen molar-refractivity contribution < 1.29 is 41.0 Å². The molecule has 0 amide bonds. The van der Waals surface area contributed by atoms with Crippen molar-refractivity contribution in [3.63, 3.8) is 0 Å². The molecule has 22 heavy (non-hydrogen) atoms. The number of alkyl halides is 6. The van der Waals surface area contributed by atoms with E-state index in [1.807, 2.05) is 0 Å². The number of carbonyl (C=O) groups is 2. The highest BCUT2D eigenvalue weighted by Gasteiger charge is 2.78. The first-order valence-corrected chi connectivity index (χ1v) is 5.75. The monoisotopic (exact) mass is 328 g/mol. The molecule has 0 saturated carbocycles. The van der Waals surface area contributed by atoms with E-state index in [2.05, 4.69) is 0 Å². The predicted octanol–water partition coefficient (Wildman–Crippen LogP) is 3.48. The van der Waals surface area contributed by atoms with E-state index in [-0.39, 0.29) is 11.1 Å². The maximum atomic E-state index is 13.6. The summed E-state index contributed by atoms with van der Waals surface area (Å²) in [5, 5.41) is 8.02. The zero-order chi connectivity index (χ0) is 17.5. The second-order valence-electron chi connectivity index (χ2n) is 4.68. The Morgan fingerprint density at radius 1 is 0.955 bits per heavy atom. The molecule has 122 valence electrons. The number of halogens is 6. The van der Waals surface area contributed by atoms with Gasteiger partial charge in [-0.2, -0.15) is 26.3 Å². The van der Waals surface area contributed by atoms with Crippen LogP contribution in [-0.2, 0) is 4.79 Å². The molecule has 0 aliphatic carbocycles. The lowest BCUT2D eigenvalue weighted by Crippen LogP contribution is -2.61. The number of hydrogen-bond acceptors (Lipinski definition) is 2. The minimum Gasteiger partial charge on any atom is -0.477 e. The molecule has 0 saturated heterocycles. The highest BCUT2D eigenvalue weighted by atomic mass is 19.3. The SMILES string of the molecule is Cc1ccc(C)c(C(=O)C(F)(F)C(F)(F)C(F)(F)C(=O)O)c1. The number of Topliss-reactive ketones (excluding diaryl/α,β-unsaturated/α-hetero) is 1. The maximum absolute atomic E-state index is 13.6. The Bertz CT molecular complexity index is 624. The van der Waals surface area contributed by atoms with Gasteiger partial charge in [0, 0.05) is 5.56 Å². The Hall–Kier alpha value is -2.06. The van der Waals surface area contributed by atoms with Crippen LogP contribution in [0.25, 0.3) is 0 Å². The molecule has 1 N–H and O–H groups in total. The molecule has 1 aromatic rings. The zero-order valence-electron chi connectivity index (χ0n) is 11.3. The van der Waals surface area contributed by atoms with E-state index in [4.69, 9.17) is 5.11 Å². The third-order valence-corrected chi connectivity index (χ3v) is 2.98. The van der Waals surface area contributed by atoms with Gasteiger partial charge in [-0.25, -0.2) is 4.79 Å². The minimum absolute atomic E-state index is 0.135. The molecule has 3 nitrogen and oxygen atoms in total. The van der Waals surface area contributed by atoms with Gasteiger partial charge in [-0.1, -0.05) is 17.7 Å². The molecule has 0 heterocycles. The van der Waals surface area contributed by atoms with Crippen molar-refractivity contribution in [2.45, 2.75) is 31.6 Å². The lowest BCUT2D eigenvalue weighted by atomic mass is 9.93. The summed E-state index contributed by atoms with van der Waals surface area (Å²) in [6.45, 7) is 2.52. The molecule has 0 aliphatic rings. The Morgan fingerprint density at radius 2 is 1.45 bits per heavy atom. The number of benzene rings is 1. The maximum Gasteiger partial charge on any atom is 0.411 e. The molecular weight excluding hydrogens is 318 g/mol. The molecule has 0 aliphatic heterocycles. The number of hydrogen-bond donors (Lipinski definition) is 1. The summed E-state index contributed by atoms with van der Waals surface area (Å²) in [6.07, 6.45) is 0. The largest absolute Gasteiger partial charge is 0.477 e. The van der Waals surface area contributed by atoms with Crippen molar-refractivity contribution in [2.75, 3.05) is 0 Å². The van der Waals surface area contributed by atoms with E-state index in [9.17, 15) is 35.9 Å². The number of ketones is 1. The van der Waals surface area contributed by atoms with E-state index < -0.39 is 35.1 Å². The molecule has 0 aromatic heterocycles. The van der Waals surface area contributed by atoms with Crippen molar-refractivity contribution in [3.05, 3.63) is 34.9 Å². The van der Waals surface area contributed by atoms with Gasteiger partial charge < -0.3 is 5.11 Å². The molecule has 0 bridgehead atoms. The second kappa shape index (κ2) is 5.29. The fourth-order valence-corrected chi connectivity index (χ4v) is 1.62. The number of carbonyl (C=O) groups excluding carboxylic acids is 1. The highest BCUT2D eigenvalue weighted by molar-refractivity contribution is 6.04. The Labute approximate surface area is 120 Å². The van der Waals surface area contributed by atoms with Gasteiger partial charge in [0.2, 0.25) is 5.78 Å². The number of aliphatic carboxylic acids is 1. The van der Waals surface area contributed by atoms with Gasteiger partial charge in [0.05, 0.1) is 0 Å². The average Bonchev–Trinajstić information content (AvgIpc) is 2.39. The van der Waals surface area contributed by atoms with Gasteiger partial charge in [-0.15, -0.1) is 0 Å². The number of carboxylic acids is 1. The summed E-state index contributed by atoms with van der Waals surface area (Å²) in [4.78, 5) is 21.7. The van der Waals surface area contributed by atoms with Crippen molar-refractivity contribution in [3.8, 4) is 0 Å². The number of aryl methyl sites for hydroxylation is 2. The average molecular weight is 328 g/mol. The fraction of sp³-hybridized carbons (Fsp3) is 0.385. The molecule has 0 atom stereocenters. The van der Waals surface area contributed by atoms with E-state index in [1.165, 1.54) is 19.1 Å². The van der Waals surface area contributed by atoms with Crippen LogP contribution >= 0.6 is 0 Å². The Kier molecular flexibility index (Phi) is 4.33. The minimum atomic E-state index is -6.39. The summed E-state index contributed by atoms with van der Waals surface area (Å²) in [5.41, 5.74) is -0.756. The molecule has 0 unspecified atom stereocenters. The molecule has 1 rings (SSSR count). The van der Waals surface area contributed by atoms with E-state index in [0.717, 1.165) is 13.0 Å². The topological polar surface area (TPSA) is 54.4 Å². The second-order valence-corrected chi connectivity index (χ2v) is 4.68. The van der Waals surface area contributed by atoms with Gasteiger partial charge in [0.25, 0.3) is 0 Å². The van der Waals surface area contributed by atoms with Crippen LogP contribution in [0.1, 0.15) is 21.5 Å². The third-order valence-electron chi connectivity index (χ3n) is 2.98. The molecule has 9 heteroatoms. The van der Waals surface area contributed by atoms with Crippen molar-refractivity contribution in [1.29, 1.82) is 0 Å². The third kappa shape index (κ3) is 2.55. The molecule has 0 spiro atoms. The molecule has 0 radical (unpaired) electrons. The van der Waals surface area contributed by atoms with Gasteiger partial charge >= 0.3 is 23.7 Å². The van der Waals surface area contributed by atoms with Gasteiger partial charge in [-0.3, -0.25) is 4.79 Å². The van der Waals surface area contributed by atoms with Crippen LogP contribution in [-0.4, -0.2) is 34.6 Å². The molecule has 0 fully saturated rings. The van der Waals surface area contributed by atoms with Crippen LogP contribution in [0.4, 0.5) is 26.3 Å². The van der Waals surface area contributed by atoms with Crippen LogP contribution in [0.5, 0.6) is 0 Å². The number of rotatable bonds is 5. The smallest absolute Gasteiger partial charge is 0.411 e. The summed E-state index contributed by atoms with van der Waals surface area (Å²) >= 11 is 0. The Balaban J connectivity index is 3.42. The van der Waals surface area contributed by atoms with Gasteiger partial charge in [0.1, 0.15) is 0 Å². The van der Waals surface area contributed by atoms with Crippen LogP contribution in [0.2, 0.25) is 0 Å². The Morgan fingerprint density at radius 3 is 1.91 bits per heavy atom. The highest BCUT2D eigenvalue weighted by Crippen LogP contribution is 2.47. The van der Waals surface area contributed by atoms with E-state index in [0.29, 0.717) is 0 Å². The first-order chi connectivity index (χ1) is 9.76. The standard InChI is InChI=1S/C13H10F6O3/c1-6-3-4-7(2)8(5-6)9(20)11(14,15)13(18,19)12(16,17)10(21)22/h3-5H,1-2H3,(H,21,22). The van der Waals surface area contributed by atoms with Crippen LogP contribution < -0.4 is 0 Å². The zero-order valence-corrected chi connectivity index (χ0v) is 11.3. The normalized spacial score (nSPS) is 13.1. The molecular formula is C13H10F6O3. The van der Waals surface area contributed by atoms with E-state index in [1.54, 1.807) is 0 Å².